The first-order chi connectivity index (χ1) is 10.5. The van der Waals surface area contributed by atoms with Gasteiger partial charge in [0.25, 0.3) is 0 Å². The quantitative estimate of drug-likeness (QED) is 0.838. The van der Waals surface area contributed by atoms with E-state index in [0.29, 0.717) is 5.70 Å². The molecular weight excluding hydrogens is 344 g/mol. The van der Waals surface area contributed by atoms with E-state index in [2.05, 4.69) is 27.8 Å². The van der Waals surface area contributed by atoms with Crippen molar-refractivity contribution in [2.45, 2.75) is 6.92 Å². The van der Waals surface area contributed by atoms with Gasteiger partial charge >= 0.3 is 6.03 Å². The molecule has 2 aromatic rings. The van der Waals surface area contributed by atoms with Crippen molar-refractivity contribution in [3.8, 4) is 5.75 Å². The number of carbonyl (C=O) groups excluding carboxylic acids is 1. The molecule has 0 saturated carbocycles. The standard InChI is InChI=1S/C17H15BrN2O2/c1-10-8-14-11(2)20(12-4-6-13(22-3)7-5-12)17(21)19-16(14)15(18)9-10/h4-9H,2H2,1,3H3,(H,19,21). The lowest BCUT2D eigenvalue weighted by Gasteiger charge is -2.32. The van der Waals surface area contributed by atoms with Crippen LogP contribution in [0.1, 0.15) is 11.1 Å². The fourth-order valence-corrected chi connectivity index (χ4v) is 3.18. The minimum absolute atomic E-state index is 0.229. The Kier molecular flexibility index (Phi) is 3.66. The van der Waals surface area contributed by atoms with E-state index in [1.165, 1.54) is 0 Å². The van der Waals surface area contributed by atoms with Gasteiger partial charge in [-0.15, -0.1) is 0 Å². The van der Waals surface area contributed by atoms with Gasteiger partial charge in [0, 0.05) is 10.0 Å². The minimum atomic E-state index is -0.229. The third-order valence-electron chi connectivity index (χ3n) is 3.58. The highest BCUT2D eigenvalue weighted by molar-refractivity contribution is 9.10. The number of anilines is 2. The van der Waals surface area contributed by atoms with Crippen LogP contribution in [0, 0.1) is 6.92 Å². The zero-order valence-electron chi connectivity index (χ0n) is 12.3. The van der Waals surface area contributed by atoms with E-state index in [0.717, 1.165) is 32.7 Å². The predicted octanol–water partition coefficient (Wildman–Crippen LogP) is 4.79. The summed E-state index contributed by atoms with van der Waals surface area (Å²) in [6, 6.07) is 11.1. The number of nitrogens with zero attached hydrogens (tertiary/aromatic N) is 1. The molecule has 0 aliphatic carbocycles. The second-order valence-electron chi connectivity index (χ2n) is 5.08. The van der Waals surface area contributed by atoms with E-state index in [1.54, 1.807) is 12.0 Å². The molecule has 2 amide bonds. The molecule has 0 unspecified atom stereocenters. The maximum Gasteiger partial charge on any atom is 0.330 e. The van der Waals surface area contributed by atoms with Crippen LogP contribution >= 0.6 is 15.9 Å². The molecule has 0 aromatic heterocycles. The maximum absolute atomic E-state index is 12.5. The molecule has 1 aliphatic heterocycles. The van der Waals surface area contributed by atoms with Crippen molar-refractivity contribution in [2.24, 2.45) is 0 Å². The van der Waals surface area contributed by atoms with Crippen LogP contribution in [0.3, 0.4) is 0 Å². The molecule has 1 N–H and O–H groups in total. The SMILES string of the molecule is C=C1c2cc(C)cc(Br)c2NC(=O)N1c1ccc(OC)cc1. The van der Waals surface area contributed by atoms with Crippen LogP contribution in [0.15, 0.2) is 47.4 Å². The molecule has 1 heterocycles. The molecule has 0 bridgehead atoms. The number of hydrogen-bond donors (Lipinski definition) is 1. The smallest absolute Gasteiger partial charge is 0.330 e. The van der Waals surface area contributed by atoms with Crippen LogP contribution < -0.4 is 15.0 Å². The molecule has 3 rings (SSSR count). The van der Waals surface area contributed by atoms with Gasteiger partial charge in [-0.25, -0.2) is 4.79 Å². The molecule has 0 spiro atoms. The highest BCUT2D eigenvalue weighted by Crippen LogP contribution is 2.39. The summed E-state index contributed by atoms with van der Waals surface area (Å²) < 4.78 is 6.00. The van der Waals surface area contributed by atoms with Crippen LogP contribution in [0.5, 0.6) is 5.75 Å². The van der Waals surface area contributed by atoms with Crippen LogP contribution in [0.4, 0.5) is 16.2 Å². The van der Waals surface area contributed by atoms with Gasteiger partial charge in [0.05, 0.1) is 24.2 Å². The van der Waals surface area contributed by atoms with Crippen molar-refractivity contribution in [3.63, 3.8) is 0 Å². The summed E-state index contributed by atoms with van der Waals surface area (Å²) in [5, 5.41) is 2.91. The maximum atomic E-state index is 12.5. The lowest BCUT2D eigenvalue weighted by molar-refractivity contribution is 0.258. The third kappa shape index (κ3) is 2.37. The lowest BCUT2D eigenvalue weighted by atomic mass is 10.0. The number of aryl methyl sites for hydroxylation is 1. The third-order valence-corrected chi connectivity index (χ3v) is 4.21. The molecule has 22 heavy (non-hydrogen) atoms. The Morgan fingerprint density at radius 1 is 1.23 bits per heavy atom. The number of halogens is 1. The summed E-state index contributed by atoms with van der Waals surface area (Å²) in [5.41, 5.74) is 4.14. The molecule has 0 radical (unpaired) electrons. The van der Waals surface area contributed by atoms with E-state index in [-0.39, 0.29) is 6.03 Å². The van der Waals surface area contributed by atoms with Crippen LogP contribution in [-0.4, -0.2) is 13.1 Å². The Balaban J connectivity index is 2.06. The molecule has 4 nitrogen and oxygen atoms in total. The monoisotopic (exact) mass is 358 g/mol. The van der Waals surface area contributed by atoms with Gasteiger partial charge in [0.1, 0.15) is 5.75 Å². The molecule has 0 atom stereocenters. The number of hydrogen-bond acceptors (Lipinski definition) is 2. The van der Waals surface area contributed by atoms with Gasteiger partial charge in [0.15, 0.2) is 0 Å². The summed E-state index contributed by atoms with van der Waals surface area (Å²) in [4.78, 5) is 14.0. The van der Waals surface area contributed by atoms with Crippen molar-refractivity contribution in [1.82, 2.24) is 0 Å². The Labute approximate surface area is 137 Å². The summed E-state index contributed by atoms with van der Waals surface area (Å²) in [6.07, 6.45) is 0. The Bertz CT molecular complexity index is 769. The molecular formula is C17H15BrN2O2. The van der Waals surface area contributed by atoms with Gasteiger partial charge in [-0.2, -0.15) is 0 Å². The zero-order valence-corrected chi connectivity index (χ0v) is 13.9. The van der Waals surface area contributed by atoms with Crippen LogP contribution in [0.2, 0.25) is 0 Å². The summed E-state index contributed by atoms with van der Waals surface area (Å²) in [7, 11) is 1.61. The van der Waals surface area contributed by atoms with Crippen molar-refractivity contribution < 1.29 is 9.53 Å². The molecule has 112 valence electrons. The largest absolute Gasteiger partial charge is 0.497 e. The normalized spacial score (nSPS) is 13.7. The van der Waals surface area contributed by atoms with Crippen molar-refractivity contribution in [1.29, 1.82) is 0 Å². The van der Waals surface area contributed by atoms with Crippen molar-refractivity contribution >= 4 is 39.0 Å². The van der Waals surface area contributed by atoms with Gasteiger partial charge < -0.3 is 10.1 Å². The highest BCUT2D eigenvalue weighted by atomic mass is 79.9. The predicted molar refractivity (Wildman–Crippen MR) is 92.4 cm³/mol. The topological polar surface area (TPSA) is 41.6 Å². The Morgan fingerprint density at radius 3 is 2.55 bits per heavy atom. The molecule has 0 saturated heterocycles. The number of methoxy groups -OCH3 is 1. The van der Waals surface area contributed by atoms with Crippen LogP contribution in [0.25, 0.3) is 5.70 Å². The lowest BCUT2D eigenvalue weighted by Crippen LogP contribution is -2.37. The first-order valence-corrected chi connectivity index (χ1v) is 7.55. The van der Waals surface area contributed by atoms with Crippen LogP contribution in [-0.2, 0) is 0 Å². The van der Waals surface area contributed by atoms with E-state index in [4.69, 9.17) is 4.74 Å². The van der Waals surface area contributed by atoms with Gasteiger partial charge in [-0.05, 0) is 64.8 Å². The number of fused-ring (bicyclic) bond motifs is 1. The zero-order chi connectivity index (χ0) is 15.9. The minimum Gasteiger partial charge on any atom is -0.497 e. The average molecular weight is 359 g/mol. The van der Waals surface area contributed by atoms with Gasteiger partial charge in [-0.1, -0.05) is 6.58 Å². The Morgan fingerprint density at radius 2 is 1.91 bits per heavy atom. The molecule has 0 fully saturated rings. The Hall–Kier alpha value is -2.27. The van der Waals surface area contributed by atoms with E-state index < -0.39 is 0 Å². The molecule has 1 aliphatic rings. The summed E-state index contributed by atoms with van der Waals surface area (Å²) in [5.74, 6) is 0.741. The van der Waals surface area contributed by atoms with E-state index in [1.807, 2.05) is 43.3 Å². The fourth-order valence-electron chi connectivity index (χ4n) is 2.51. The second-order valence-corrected chi connectivity index (χ2v) is 5.93. The number of nitrogens with one attached hydrogen (secondary N) is 1. The molecule has 2 aromatic carbocycles. The number of ether oxygens (including phenoxy) is 1. The first-order valence-electron chi connectivity index (χ1n) is 6.76. The number of amides is 2. The van der Waals surface area contributed by atoms with Gasteiger partial charge in [0.2, 0.25) is 0 Å². The first kappa shape index (κ1) is 14.7. The van der Waals surface area contributed by atoms with E-state index >= 15 is 0 Å². The summed E-state index contributed by atoms with van der Waals surface area (Å²) in [6.45, 7) is 6.11. The molecule has 5 heteroatoms. The fraction of sp³-hybridized carbons (Fsp3) is 0.118. The second kappa shape index (κ2) is 5.50. The number of benzene rings is 2. The highest BCUT2D eigenvalue weighted by Gasteiger charge is 2.29. The van der Waals surface area contributed by atoms with E-state index in [9.17, 15) is 4.79 Å². The van der Waals surface area contributed by atoms with Gasteiger partial charge in [-0.3, -0.25) is 4.90 Å². The number of carbonyl (C=O) groups is 1. The van der Waals surface area contributed by atoms with Crippen molar-refractivity contribution in [2.75, 3.05) is 17.3 Å². The average Bonchev–Trinajstić information content (AvgIpc) is 2.49. The summed E-state index contributed by atoms with van der Waals surface area (Å²) >= 11 is 3.49. The van der Waals surface area contributed by atoms with Crippen molar-refractivity contribution in [3.05, 3.63) is 58.6 Å². The number of rotatable bonds is 2. The number of urea groups is 1.